The Morgan fingerprint density at radius 1 is 1.40 bits per heavy atom. The fourth-order valence-electron chi connectivity index (χ4n) is 2.08. The number of hydrogen-bond acceptors (Lipinski definition) is 4. The molecular formula is C16H19N3O. The van der Waals surface area contributed by atoms with Crippen LogP contribution in [0.1, 0.15) is 25.3 Å². The summed E-state index contributed by atoms with van der Waals surface area (Å²) < 4.78 is 0. The molecular weight excluding hydrogens is 250 g/mol. The minimum Gasteiger partial charge on any atom is -0.396 e. The van der Waals surface area contributed by atoms with E-state index in [1.807, 2.05) is 37.3 Å². The van der Waals surface area contributed by atoms with E-state index >= 15 is 0 Å². The van der Waals surface area contributed by atoms with Crippen LogP contribution in [-0.2, 0) is 0 Å². The van der Waals surface area contributed by atoms with Crippen LogP contribution in [0.2, 0.25) is 0 Å². The highest BCUT2D eigenvalue weighted by Crippen LogP contribution is 2.19. The van der Waals surface area contributed by atoms with Crippen molar-refractivity contribution in [3.8, 4) is 6.07 Å². The van der Waals surface area contributed by atoms with Gasteiger partial charge in [0.1, 0.15) is 11.9 Å². The largest absolute Gasteiger partial charge is 0.396 e. The molecule has 0 aliphatic carbocycles. The van der Waals surface area contributed by atoms with Gasteiger partial charge in [-0.25, -0.2) is 4.98 Å². The highest BCUT2D eigenvalue weighted by Gasteiger charge is 2.06. The molecule has 0 aliphatic heterocycles. The standard InChI is InChI=1S/C16H19N3O/c1-12(11-20)5-4-8-18-16-14(10-17)9-13-6-2-3-7-15(13)19-16/h2-3,6-7,9,12,20H,4-5,8,11H2,1H3,(H,18,19). The number of benzene rings is 1. The van der Waals surface area contributed by atoms with E-state index in [9.17, 15) is 5.26 Å². The van der Waals surface area contributed by atoms with Crippen LogP contribution in [0.15, 0.2) is 30.3 Å². The molecule has 0 amide bonds. The lowest BCUT2D eigenvalue weighted by Gasteiger charge is -2.10. The van der Waals surface area contributed by atoms with Crippen molar-refractivity contribution in [1.82, 2.24) is 4.98 Å². The summed E-state index contributed by atoms with van der Waals surface area (Å²) in [6.07, 6.45) is 1.90. The molecule has 104 valence electrons. The number of anilines is 1. The molecule has 0 radical (unpaired) electrons. The van der Waals surface area contributed by atoms with Gasteiger partial charge in [-0.15, -0.1) is 0 Å². The molecule has 2 aromatic rings. The molecule has 0 aliphatic rings. The third-order valence-corrected chi connectivity index (χ3v) is 3.32. The van der Waals surface area contributed by atoms with Crippen LogP contribution < -0.4 is 5.32 Å². The number of aromatic nitrogens is 1. The van der Waals surface area contributed by atoms with E-state index in [2.05, 4.69) is 16.4 Å². The Morgan fingerprint density at radius 2 is 2.20 bits per heavy atom. The molecule has 0 saturated carbocycles. The number of aliphatic hydroxyl groups is 1. The van der Waals surface area contributed by atoms with Gasteiger partial charge >= 0.3 is 0 Å². The third kappa shape index (κ3) is 3.46. The van der Waals surface area contributed by atoms with Crippen LogP contribution in [0, 0.1) is 17.2 Å². The highest BCUT2D eigenvalue weighted by molar-refractivity contribution is 5.82. The Labute approximate surface area is 119 Å². The monoisotopic (exact) mass is 269 g/mol. The van der Waals surface area contributed by atoms with Crippen molar-refractivity contribution in [3.63, 3.8) is 0 Å². The molecule has 0 saturated heterocycles. The van der Waals surface area contributed by atoms with E-state index in [0.717, 1.165) is 30.3 Å². The summed E-state index contributed by atoms with van der Waals surface area (Å²) in [5.41, 5.74) is 1.46. The Kier molecular flexibility index (Phi) is 4.91. The Hall–Kier alpha value is -2.12. The second-order valence-corrected chi connectivity index (χ2v) is 5.05. The summed E-state index contributed by atoms with van der Waals surface area (Å²) in [5, 5.41) is 22.4. The molecule has 0 spiro atoms. The molecule has 0 fully saturated rings. The zero-order chi connectivity index (χ0) is 14.4. The van der Waals surface area contributed by atoms with E-state index in [1.54, 1.807) is 0 Å². The van der Waals surface area contributed by atoms with Gasteiger partial charge in [-0.05, 0) is 30.9 Å². The van der Waals surface area contributed by atoms with Crippen molar-refractivity contribution < 1.29 is 5.11 Å². The van der Waals surface area contributed by atoms with Crippen LogP contribution in [0.25, 0.3) is 10.9 Å². The molecule has 20 heavy (non-hydrogen) atoms. The minimum atomic E-state index is 0.220. The number of fused-ring (bicyclic) bond motifs is 1. The van der Waals surface area contributed by atoms with Gasteiger partial charge in [0.05, 0.1) is 11.1 Å². The molecule has 1 heterocycles. The first-order chi connectivity index (χ1) is 9.74. The number of para-hydroxylation sites is 1. The number of pyridine rings is 1. The van der Waals surface area contributed by atoms with Crippen LogP contribution in [-0.4, -0.2) is 23.2 Å². The fourth-order valence-corrected chi connectivity index (χ4v) is 2.08. The first kappa shape index (κ1) is 14.3. The molecule has 0 bridgehead atoms. The van der Waals surface area contributed by atoms with E-state index in [1.165, 1.54) is 0 Å². The van der Waals surface area contributed by atoms with Gasteiger partial charge in [-0.1, -0.05) is 25.1 Å². The predicted octanol–water partition coefficient (Wildman–Crippen LogP) is 2.93. The molecule has 2 N–H and O–H groups in total. The summed E-state index contributed by atoms with van der Waals surface area (Å²) in [6, 6.07) is 11.8. The highest BCUT2D eigenvalue weighted by atomic mass is 16.3. The summed E-state index contributed by atoms with van der Waals surface area (Å²) in [4.78, 5) is 4.50. The van der Waals surface area contributed by atoms with E-state index in [0.29, 0.717) is 17.3 Å². The number of aliphatic hydroxyl groups excluding tert-OH is 1. The Balaban J connectivity index is 2.07. The third-order valence-electron chi connectivity index (χ3n) is 3.32. The van der Waals surface area contributed by atoms with Crippen molar-refractivity contribution in [2.75, 3.05) is 18.5 Å². The number of nitrogens with one attached hydrogen (secondary N) is 1. The van der Waals surface area contributed by atoms with Gasteiger partial charge in [0.25, 0.3) is 0 Å². The van der Waals surface area contributed by atoms with Gasteiger partial charge < -0.3 is 10.4 Å². The van der Waals surface area contributed by atoms with Crippen molar-refractivity contribution in [3.05, 3.63) is 35.9 Å². The molecule has 2 rings (SSSR count). The molecule has 1 unspecified atom stereocenters. The first-order valence-electron chi connectivity index (χ1n) is 6.89. The second-order valence-electron chi connectivity index (χ2n) is 5.05. The van der Waals surface area contributed by atoms with Crippen LogP contribution in [0.4, 0.5) is 5.82 Å². The number of nitriles is 1. The molecule has 1 atom stereocenters. The van der Waals surface area contributed by atoms with Gasteiger partial charge in [0.15, 0.2) is 0 Å². The van der Waals surface area contributed by atoms with Gasteiger partial charge in [0.2, 0.25) is 0 Å². The van der Waals surface area contributed by atoms with Crippen molar-refractivity contribution in [1.29, 1.82) is 5.26 Å². The summed E-state index contributed by atoms with van der Waals surface area (Å²) >= 11 is 0. The molecule has 4 nitrogen and oxygen atoms in total. The molecule has 1 aromatic carbocycles. The van der Waals surface area contributed by atoms with Crippen molar-refractivity contribution in [2.24, 2.45) is 5.92 Å². The molecule has 4 heteroatoms. The van der Waals surface area contributed by atoms with E-state index in [-0.39, 0.29) is 6.61 Å². The van der Waals surface area contributed by atoms with Gasteiger partial charge in [0, 0.05) is 18.5 Å². The minimum absolute atomic E-state index is 0.220. The zero-order valence-electron chi connectivity index (χ0n) is 11.6. The maximum Gasteiger partial charge on any atom is 0.144 e. The first-order valence-corrected chi connectivity index (χ1v) is 6.89. The average Bonchev–Trinajstić information content (AvgIpc) is 2.50. The van der Waals surface area contributed by atoms with Crippen LogP contribution >= 0.6 is 0 Å². The predicted molar refractivity (Wildman–Crippen MR) is 80.4 cm³/mol. The van der Waals surface area contributed by atoms with E-state index < -0.39 is 0 Å². The zero-order valence-corrected chi connectivity index (χ0v) is 11.6. The fraction of sp³-hybridized carbons (Fsp3) is 0.375. The van der Waals surface area contributed by atoms with Crippen LogP contribution in [0.3, 0.4) is 0 Å². The van der Waals surface area contributed by atoms with E-state index in [4.69, 9.17) is 5.11 Å². The lowest BCUT2D eigenvalue weighted by molar-refractivity contribution is 0.229. The molecule has 1 aromatic heterocycles. The summed E-state index contributed by atoms with van der Waals surface area (Å²) in [6.45, 7) is 3.00. The Bertz CT molecular complexity index is 619. The number of nitrogens with zero attached hydrogens (tertiary/aromatic N) is 2. The normalized spacial score (nSPS) is 12.1. The lowest BCUT2D eigenvalue weighted by atomic mass is 10.1. The number of hydrogen-bond donors (Lipinski definition) is 2. The topological polar surface area (TPSA) is 68.9 Å². The van der Waals surface area contributed by atoms with Crippen molar-refractivity contribution in [2.45, 2.75) is 19.8 Å². The van der Waals surface area contributed by atoms with Crippen molar-refractivity contribution >= 4 is 16.7 Å². The summed E-state index contributed by atoms with van der Waals surface area (Å²) in [7, 11) is 0. The lowest BCUT2D eigenvalue weighted by Crippen LogP contribution is -2.08. The smallest absolute Gasteiger partial charge is 0.144 e. The average molecular weight is 269 g/mol. The van der Waals surface area contributed by atoms with Gasteiger partial charge in [-0.2, -0.15) is 5.26 Å². The SMILES string of the molecule is CC(CO)CCCNc1nc2ccccc2cc1C#N. The summed E-state index contributed by atoms with van der Waals surface area (Å²) in [5.74, 6) is 0.958. The van der Waals surface area contributed by atoms with Gasteiger partial charge in [-0.3, -0.25) is 0 Å². The maximum atomic E-state index is 9.20. The number of rotatable bonds is 6. The maximum absolute atomic E-state index is 9.20. The Morgan fingerprint density at radius 3 is 2.95 bits per heavy atom. The quantitative estimate of drug-likeness (QED) is 0.791. The van der Waals surface area contributed by atoms with Crippen LogP contribution in [0.5, 0.6) is 0 Å². The second kappa shape index (κ2) is 6.88.